The second-order valence-corrected chi connectivity index (χ2v) is 7.83. The van der Waals surface area contributed by atoms with Crippen LogP contribution >= 0.6 is 11.6 Å². The van der Waals surface area contributed by atoms with Crippen LogP contribution < -0.4 is 15.1 Å². The Bertz CT molecular complexity index is 1330. The molecule has 5 heteroatoms. The summed E-state index contributed by atoms with van der Waals surface area (Å²) in [7, 11) is 0. The van der Waals surface area contributed by atoms with Crippen LogP contribution in [0.3, 0.4) is 0 Å². The van der Waals surface area contributed by atoms with E-state index in [0.29, 0.717) is 34.1 Å². The summed E-state index contributed by atoms with van der Waals surface area (Å²) < 4.78 is 18.6. The van der Waals surface area contributed by atoms with Gasteiger partial charge in [0.25, 0.3) is 5.79 Å². The number of benzene rings is 3. The fourth-order valence-electron chi connectivity index (χ4n) is 4.44. The van der Waals surface area contributed by atoms with Crippen LogP contribution in [0, 0.1) is 0 Å². The predicted octanol–water partition coefficient (Wildman–Crippen LogP) is 5.61. The standard InChI is InChI=1S/C24H15ClO4/c25-15-10-11-20-17(12-15)18-13-24(28-20,14-6-2-1-3-7-14)29-22-16-8-4-5-9-19(16)27-23(26)21(18)22/h1-12,18H,13H2/t18-,24-/m0/s1. The lowest BCUT2D eigenvalue weighted by Gasteiger charge is -2.46. The normalized spacial score (nSPS) is 21.6. The van der Waals surface area contributed by atoms with E-state index in [0.717, 1.165) is 16.5 Å². The molecule has 0 spiro atoms. The highest BCUT2D eigenvalue weighted by atomic mass is 35.5. The van der Waals surface area contributed by atoms with Gasteiger partial charge >= 0.3 is 5.63 Å². The van der Waals surface area contributed by atoms with Gasteiger partial charge in [0.15, 0.2) is 0 Å². The first-order valence-corrected chi connectivity index (χ1v) is 9.81. The van der Waals surface area contributed by atoms with E-state index >= 15 is 0 Å². The lowest BCUT2D eigenvalue weighted by Crippen LogP contribution is -2.48. The average molecular weight is 403 g/mol. The third-order valence-electron chi connectivity index (χ3n) is 5.72. The first-order chi connectivity index (χ1) is 14.1. The largest absolute Gasteiger partial charge is 0.448 e. The number of fused-ring (bicyclic) bond motifs is 8. The first-order valence-electron chi connectivity index (χ1n) is 9.43. The highest BCUT2D eigenvalue weighted by Gasteiger charge is 2.51. The average Bonchev–Trinajstić information content (AvgIpc) is 2.75. The zero-order chi connectivity index (χ0) is 19.6. The minimum absolute atomic E-state index is 0.248. The molecular formula is C24H15ClO4. The van der Waals surface area contributed by atoms with Crippen LogP contribution in [0.2, 0.25) is 5.02 Å². The summed E-state index contributed by atoms with van der Waals surface area (Å²) >= 11 is 6.28. The van der Waals surface area contributed by atoms with Crippen LogP contribution in [-0.2, 0) is 5.79 Å². The Labute approximate surface area is 171 Å². The van der Waals surface area contributed by atoms with E-state index in [4.69, 9.17) is 25.5 Å². The van der Waals surface area contributed by atoms with E-state index in [1.165, 1.54) is 0 Å². The summed E-state index contributed by atoms with van der Waals surface area (Å²) in [5.41, 5.74) is 2.38. The van der Waals surface area contributed by atoms with Crippen molar-refractivity contribution in [1.82, 2.24) is 0 Å². The van der Waals surface area contributed by atoms with Crippen LogP contribution in [0.25, 0.3) is 11.0 Å². The van der Waals surface area contributed by atoms with Crippen molar-refractivity contribution >= 4 is 22.6 Å². The molecule has 142 valence electrons. The molecule has 2 atom stereocenters. The van der Waals surface area contributed by atoms with Gasteiger partial charge in [-0.05, 0) is 30.3 Å². The summed E-state index contributed by atoms with van der Waals surface area (Å²) in [6, 6.07) is 22.7. The van der Waals surface area contributed by atoms with E-state index < -0.39 is 11.4 Å². The van der Waals surface area contributed by atoms with Crippen LogP contribution in [0.4, 0.5) is 0 Å². The number of hydrogen-bond donors (Lipinski definition) is 0. The van der Waals surface area contributed by atoms with Gasteiger partial charge in [0.1, 0.15) is 17.1 Å². The Morgan fingerprint density at radius 1 is 0.931 bits per heavy atom. The molecule has 0 fully saturated rings. The summed E-state index contributed by atoms with van der Waals surface area (Å²) in [6.45, 7) is 0. The SMILES string of the molecule is O=c1oc2ccccc2c2c1[C@H]1C[C@](c3ccccc3)(Oc3ccc(Cl)cc31)O2. The lowest BCUT2D eigenvalue weighted by atomic mass is 9.78. The van der Waals surface area contributed by atoms with Crippen molar-refractivity contribution in [2.75, 3.05) is 0 Å². The number of halogens is 1. The quantitative estimate of drug-likeness (QED) is 0.388. The molecule has 4 aromatic rings. The number of rotatable bonds is 1. The van der Waals surface area contributed by atoms with Crippen LogP contribution in [0.15, 0.2) is 82.0 Å². The second-order valence-electron chi connectivity index (χ2n) is 7.39. The fourth-order valence-corrected chi connectivity index (χ4v) is 4.62. The molecule has 0 unspecified atom stereocenters. The molecule has 2 aliphatic heterocycles. The van der Waals surface area contributed by atoms with Gasteiger partial charge in [-0.3, -0.25) is 0 Å². The molecule has 4 nitrogen and oxygen atoms in total. The third-order valence-corrected chi connectivity index (χ3v) is 5.96. The first kappa shape index (κ1) is 16.7. The molecule has 3 aromatic carbocycles. The molecule has 0 aliphatic carbocycles. The van der Waals surface area contributed by atoms with Gasteiger partial charge < -0.3 is 13.9 Å². The molecule has 1 aromatic heterocycles. The van der Waals surface area contributed by atoms with Crippen molar-refractivity contribution in [3.8, 4) is 11.5 Å². The van der Waals surface area contributed by atoms with Gasteiger partial charge in [0, 0.05) is 28.5 Å². The smallest absolute Gasteiger partial charge is 0.343 e. The highest BCUT2D eigenvalue weighted by molar-refractivity contribution is 6.30. The maximum atomic E-state index is 13.0. The zero-order valence-electron chi connectivity index (χ0n) is 15.2. The predicted molar refractivity (Wildman–Crippen MR) is 110 cm³/mol. The van der Waals surface area contributed by atoms with Gasteiger partial charge in [-0.1, -0.05) is 54.1 Å². The molecule has 0 amide bonds. The highest BCUT2D eigenvalue weighted by Crippen LogP contribution is 2.55. The van der Waals surface area contributed by atoms with Crippen molar-refractivity contribution in [2.24, 2.45) is 0 Å². The van der Waals surface area contributed by atoms with Gasteiger partial charge in [0.05, 0.1) is 10.9 Å². The Morgan fingerprint density at radius 2 is 1.72 bits per heavy atom. The minimum Gasteiger partial charge on any atom is -0.448 e. The molecule has 6 rings (SSSR count). The summed E-state index contributed by atoms with van der Waals surface area (Å²) in [5.74, 6) is -0.103. The Kier molecular flexibility index (Phi) is 3.38. The molecule has 0 N–H and O–H groups in total. The monoisotopic (exact) mass is 402 g/mol. The van der Waals surface area contributed by atoms with Gasteiger partial charge in [0.2, 0.25) is 0 Å². The van der Waals surface area contributed by atoms with Gasteiger partial charge in [-0.2, -0.15) is 0 Å². The van der Waals surface area contributed by atoms with E-state index in [9.17, 15) is 4.79 Å². The van der Waals surface area contributed by atoms with E-state index in [2.05, 4.69) is 0 Å². The molecular weight excluding hydrogens is 388 g/mol. The van der Waals surface area contributed by atoms with Gasteiger partial charge in [-0.15, -0.1) is 0 Å². The molecule has 2 bridgehead atoms. The molecule has 0 saturated carbocycles. The Morgan fingerprint density at radius 3 is 2.59 bits per heavy atom. The minimum atomic E-state index is -1.03. The maximum absolute atomic E-state index is 13.0. The summed E-state index contributed by atoms with van der Waals surface area (Å²) in [6.07, 6.45) is 0.459. The second kappa shape index (κ2) is 5.88. The number of ether oxygens (including phenoxy) is 2. The van der Waals surface area contributed by atoms with Crippen LogP contribution in [-0.4, -0.2) is 0 Å². The Balaban J connectivity index is 1.71. The number of hydrogen-bond acceptors (Lipinski definition) is 4. The Hall–Kier alpha value is -3.24. The molecule has 0 radical (unpaired) electrons. The fraction of sp³-hybridized carbons (Fsp3) is 0.125. The maximum Gasteiger partial charge on any atom is 0.343 e. The zero-order valence-corrected chi connectivity index (χ0v) is 16.0. The van der Waals surface area contributed by atoms with E-state index in [1.54, 1.807) is 12.1 Å². The number of para-hydroxylation sites is 1. The van der Waals surface area contributed by atoms with Crippen molar-refractivity contribution in [3.05, 3.63) is 105 Å². The topological polar surface area (TPSA) is 48.7 Å². The third kappa shape index (κ3) is 2.36. The molecule has 3 heterocycles. The van der Waals surface area contributed by atoms with Crippen molar-refractivity contribution in [1.29, 1.82) is 0 Å². The lowest BCUT2D eigenvalue weighted by molar-refractivity contribution is -0.148. The van der Waals surface area contributed by atoms with Crippen LogP contribution in [0.5, 0.6) is 11.5 Å². The summed E-state index contributed by atoms with van der Waals surface area (Å²) in [5, 5.41) is 1.35. The summed E-state index contributed by atoms with van der Waals surface area (Å²) in [4.78, 5) is 13.0. The van der Waals surface area contributed by atoms with E-state index in [1.807, 2.05) is 60.7 Å². The molecule has 29 heavy (non-hydrogen) atoms. The van der Waals surface area contributed by atoms with E-state index in [-0.39, 0.29) is 5.92 Å². The molecule has 2 aliphatic rings. The van der Waals surface area contributed by atoms with Crippen LogP contribution in [0.1, 0.15) is 29.0 Å². The van der Waals surface area contributed by atoms with Crippen molar-refractivity contribution < 1.29 is 13.9 Å². The van der Waals surface area contributed by atoms with Gasteiger partial charge in [-0.25, -0.2) is 4.79 Å². The van der Waals surface area contributed by atoms with Crippen molar-refractivity contribution in [2.45, 2.75) is 18.1 Å². The van der Waals surface area contributed by atoms with Crippen molar-refractivity contribution in [3.63, 3.8) is 0 Å². The molecule has 0 saturated heterocycles.